The minimum absolute atomic E-state index is 0.236. The number of nitrogens with zero attached hydrogens (tertiary/aromatic N) is 3. The van der Waals surface area contributed by atoms with Gasteiger partial charge >= 0.3 is 0 Å². The second-order valence-electron chi connectivity index (χ2n) is 5.35. The van der Waals surface area contributed by atoms with Gasteiger partial charge < -0.3 is 10.1 Å². The quantitative estimate of drug-likeness (QED) is 0.880. The summed E-state index contributed by atoms with van der Waals surface area (Å²) in [5, 5.41) is 11.5. The van der Waals surface area contributed by atoms with Crippen LogP contribution in [0.2, 0.25) is 0 Å². The average Bonchev–Trinajstić information content (AvgIpc) is 3.11. The van der Waals surface area contributed by atoms with Crippen LogP contribution in [0.1, 0.15) is 24.1 Å². The van der Waals surface area contributed by atoms with Gasteiger partial charge in [-0.2, -0.15) is 0 Å². The van der Waals surface area contributed by atoms with Crippen molar-refractivity contribution in [3.8, 4) is 0 Å². The minimum atomic E-state index is -0.236. The van der Waals surface area contributed by atoms with Crippen LogP contribution in [0.3, 0.4) is 0 Å². The normalized spacial score (nSPS) is 18.2. The van der Waals surface area contributed by atoms with Gasteiger partial charge in [-0.05, 0) is 37.1 Å². The molecular formula is C15H19FN4O. The van der Waals surface area contributed by atoms with Crippen LogP contribution in [0.5, 0.6) is 0 Å². The fourth-order valence-electron chi connectivity index (χ4n) is 2.51. The first-order valence-electron chi connectivity index (χ1n) is 7.24. The van der Waals surface area contributed by atoms with Crippen molar-refractivity contribution in [2.75, 3.05) is 13.2 Å². The topological polar surface area (TPSA) is 52.0 Å². The fraction of sp³-hybridized carbons (Fsp3) is 0.467. The Morgan fingerprint density at radius 1 is 1.43 bits per heavy atom. The van der Waals surface area contributed by atoms with Crippen molar-refractivity contribution >= 4 is 0 Å². The van der Waals surface area contributed by atoms with Gasteiger partial charge in [0.1, 0.15) is 11.5 Å². The lowest BCUT2D eigenvalue weighted by Gasteiger charge is -2.09. The van der Waals surface area contributed by atoms with E-state index in [0.717, 1.165) is 17.8 Å². The van der Waals surface area contributed by atoms with E-state index in [1.165, 1.54) is 25.0 Å². The largest absolute Gasteiger partial charge is 0.373 e. The molecule has 5 nitrogen and oxygen atoms in total. The lowest BCUT2D eigenvalue weighted by atomic mass is 10.2. The van der Waals surface area contributed by atoms with Gasteiger partial charge in [-0.1, -0.05) is 17.3 Å². The van der Waals surface area contributed by atoms with Crippen molar-refractivity contribution in [2.45, 2.75) is 32.0 Å². The van der Waals surface area contributed by atoms with Crippen molar-refractivity contribution in [2.24, 2.45) is 0 Å². The molecule has 6 heteroatoms. The SMILES string of the molecule is Fc1cccc(Cn2cc(COC[C@@H]3CCCN3)nn2)c1. The monoisotopic (exact) mass is 290 g/mol. The van der Waals surface area contributed by atoms with E-state index in [1.807, 2.05) is 12.3 Å². The summed E-state index contributed by atoms with van der Waals surface area (Å²) in [7, 11) is 0. The second-order valence-corrected chi connectivity index (χ2v) is 5.35. The van der Waals surface area contributed by atoms with Gasteiger partial charge in [-0.3, -0.25) is 0 Å². The molecule has 2 aromatic rings. The molecule has 1 aliphatic rings. The van der Waals surface area contributed by atoms with Crippen LogP contribution in [0.4, 0.5) is 4.39 Å². The first kappa shape index (κ1) is 14.2. The smallest absolute Gasteiger partial charge is 0.123 e. The molecule has 0 saturated carbocycles. The molecule has 1 aromatic heterocycles. The molecule has 0 aliphatic carbocycles. The van der Waals surface area contributed by atoms with Gasteiger partial charge in [-0.25, -0.2) is 9.07 Å². The van der Waals surface area contributed by atoms with Crippen molar-refractivity contribution in [3.05, 3.63) is 47.5 Å². The lowest BCUT2D eigenvalue weighted by Crippen LogP contribution is -2.26. The van der Waals surface area contributed by atoms with Crippen LogP contribution < -0.4 is 5.32 Å². The van der Waals surface area contributed by atoms with Crippen LogP contribution in [0.15, 0.2) is 30.5 Å². The number of aromatic nitrogens is 3. The highest BCUT2D eigenvalue weighted by Gasteiger charge is 2.14. The first-order chi connectivity index (χ1) is 10.3. The highest BCUT2D eigenvalue weighted by atomic mass is 19.1. The molecule has 1 atom stereocenters. The van der Waals surface area contributed by atoms with Crippen molar-refractivity contribution < 1.29 is 9.13 Å². The van der Waals surface area contributed by atoms with Crippen molar-refractivity contribution in [1.82, 2.24) is 20.3 Å². The molecular weight excluding hydrogens is 271 g/mol. The van der Waals surface area contributed by atoms with Gasteiger partial charge in [0.15, 0.2) is 0 Å². The molecule has 0 amide bonds. The Morgan fingerprint density at radius 3 is 3.19 bits per heavy atom. The number of hydrogen-bond donors (Lipinski definition) is 1. The molecule has 1 saturated heterocycles. The van der Waals surface area contributed by atoms with Gasteiger partial charge in [0.05, 0.1) is 26.0 Å². The van der Waals surface area contributed by atoms with E-state index in [0.29, 0.717) is 25.8 Å². The summed E-state index contributed by atoms with van der Waals surface area (Å²) in [6.45, 7) is 2.75. The van der Waals surface area contributed by atoms with Crippen LogP contribution >= 0.6 is 0 Å². The summed E-state index contributed by atoms with van der Waals surface area (Å²) in [4.78, 5) is 0. The molecule has 0 unspecified atom stereocenters. The number of nitrogens with one attached hydrogen (secondary N) is 1. The molecule has 1 aromatic carbocycles. The van der Waals surface area contributed by atoms with Crippen LogP contribution in [-0.4, -0.2) is 34.2 Å². The summed E-state index contributed by atoms with van der Waals surface area (Å²) >= 11 is 0. The molecule has 2 heterocycles. The zero-order valence-corrected chi connectivity index (χ0v) is 11.8. The summed E-state index contributed by atoms with van der Waals surface area (Å²) in [5.41, 5.74) is 1.66. The highest BCUT2D eigenvalue weighted by molar-refractivity contribution is 5.16. The average molecular weight is 290 g/mol. The van der Waals surface area contributed by atoms with E-state index in [9.17, 15) is 4.39 Å². The Hall–Kier alpha value is -1.79. The zero-order chi connectivity index (χ0) is 14.5. The number of rotatable bonds is 6. The first-order valence-corrected chi connectivity index (χ1v) is 7.24. The van der Waals surface area contributed by atoms with E-state index in [1.54, 1.807) is 10.7 Å². The second kappa shape index (κ2) is 6.78. The number of ether oxygens (including phenoxy) is 1. The highest BCUT2D eigenvalue weighted by Crippen LogP contribution is 2.08. The number of benzene rings is 1. The molecule has 21 heavy (non-hydrogen) atoms. The summed E-state index contributed by atoms with van der Waals surface area (Å²) in [6.07, 6.45) is 4.23. The Kier molecular flexibility index (Phi) is 4.57. The van der Waals surface area contributed by atoms with Gasteiger partial charge in [-0.15, -0.1) is 5.10 Å². The lowest BCUT2D eigenvalue weighted by molar-refractivity contribution is 0.101. The maximum atomic E-state index is 13.1. The number of hydrogen-bond acceptors (Lipinski definition) is 4. The molecule has 112 valence electrons. The van der Waals surface area contributed by atoms with Crippen LogP contribution in [0.25, 0.3) is 0 Å². The Balaban J connectivity index is 1.49. The summed E-state index contributed by atoms with van der Waals surface area (Å²) in [5.74, 6) is -0.236. The summed E-state index contributed by atoms with van der Waals surface area (Å²) in [6, 6.07) is 6.96. The standard InChI is InChI=1S/C15H19FN4O/c16-13-4-1-3-12(7-13)8-20-9-15(18-19-20)11-21-10-14-5-2-6-17-14/h1,3-4,7,9,14,17H,2,5-6,8,10-11H2/t14-/m0/s1. The predicted octanol–water partition coefficient (Wildman–Crippen LogP) is 1.73. The molecule has 0 radical (unpaired) electrons. The van der Waals surface area contributed by atoms with Crippen LogP contribution in [-0.2, 0) is 17.9 Å². The van der Waals surface area contributed by atoms with E-state index >= 15 is 0 Å². The maximum Gasteiger partial charge on any atom is 0.123 e. The third kappa shape index (κ3) is 4.09. The van der Waals surface area contributed by atoms with Gasteiger partial charge in [0.25, 0.3) is 0 Å². The molecule has 0 bridgehead atoms. The van der Waals surface area contributed by atoms with Crippen molar-refractivity contribution in [1.29, 1.82) is 0 Å². The Bertz CT molecular complexity index is 581. The van der Waals surface area contributed by atoms with Gasteiger partial charge in [0.2, 0.25) is 0 Å². The zero-order valence-electron chi connectivity index (χ0n) is 11.8. The third-order valence-electron chi connectivity index (χ3n) is 3.55. The Morgan fingerprint density at radius 2 is 2.38 bits per heavy atom. The molecule has 3 rings (SSSR count). The van der Waals surface area contributed by atoms with E-state index in [-0.39, 0.29) is 5.82 Å². The van der Waals surface area contributed by atoms with Gasteiger partial charge in [0, 0.05) is 6.04 Å². The summed E-state index contributed by atoms with van der Waals surface area (Å²) < 4.78 is 20.5. The number of halogens is 1. The van der Waals surface area contributed by atoms with E-state index in [2.05, 4.69) is 15.6 Å². The maximum absolute atomic E-state index is 13.1. The predicted molar refractivity (Wildman–Crippen MR) is 76.2 cm³/mol. The van der Waals surface area contributed by atoms with Crippen molar-refractivity contribution in [3.63, 3.8) is 0 Å². The Labute approximate surface area is 123 Å². The molecule has 1 aliphatic heterocycles. The third-order valence-corrected chi connectivity index (χ3v) is 3.55. The fourth-order valence-corrected chi connectivity index (χ4v) is 2.51. The minimum Gasteiger partial charge on any atom is -0.373 e. The van der Waals surface area contributed by atoms with Crippen LogP contribution in [0, 0.1) is 5.82 Å². The molecule has 1 fully saturated rings. The van der Waals surface area contributed by atoms with E-state index < -0.39 is 0 Å². The molecule has 0 spiro atoms. The van der Waals surface area contributed by atoms with E-state index in [4.69, 9.17) is 4.74 Å². The molecule has 1 N–H and O–H groups in total.